The first-order chi connectivity index (χ1) is 14.9. The molecule has 2 rings (SSSR count). The van der Waals surface area contributed by atoms with Crippen LogP contribution in [0.1, 0.15) is 30.9 Å². The van der Waals surface area contributed by atoms with E-state index < -0.39 is 19.5 Å². The van der Waals surface area contributed by atoms with Crippen LogP contribution in [0.5, 0.6) is 0 Å². The third kappa shape index (κ3) is 9.43. The van der Waals surface area contributed by atoms with Crippen LogP contribution in [0.15, 0.2) is 73.3 Å². The summed E-state index contributed by atoms with van der Waals surface area (Å²) in [6.07, 6.45) is 1.62. The second-order valence-electron chi connectivity index (χ2n) is 7.13. The molecule has 0 saturated carbocycles. The molecule has 0 saturated heterocycles. The number of Topliss-reactive ketones (excluding diaryl/α,β-unsaturated/α-hetero) is 1. The Morgan fingerprint density at radius 3 is 1.94 bits per heavy atom. The lowest BCUT2D eigenvalue weighted by molar-refractivity contribution is -0.142. The number of hydrogen-bond acceptors (Lipinski definition) is 6. The van der Waals surface area contributed by atoms with E-state index >= 15 is 0 Å². The van der Waals surface area contributed by atoms with E-state index in [4.69, 9.17) is 13.8 Å². The van der Waals surface area contributed by atoms with Crippen molar-refractivity contribution >= 4 is 19.3 Å². The van der Waals surface area contributed by atoms with Gasteiger partial charge < -0.3 is 13.8 Å². The average Bonchev–Trinajstić information content (AvgIpc) is 2.79. The van der Waals surface area contributed by atoms with Crippen molar-refractivity contribution in [2.75, 3.05) is 12.8 Å². The van der Waals surface area contributed by atoms with Crippen molar-refractivity contribution in [2.45, 2.75) is 33.0 Å². The van der Waals surface area contributed by atoms with Crippen LogP contribution >= 0.6 is 7.60 Å². The SMILES string of the molecule is C=CCOC(=O)CCC(CP(=O)(OCc1ccccc1)OCc1ccccc1)C(C)=O. The first-order valence-electron chi connectivity index (χ1n) is 10.1. The van der Waals surface area contributed by atoms with Crippen LogP contribution in [0, 0.1) is 5.92 Å². The summed E-state index contributed by atoms with van der Waals surface area (Å²) >= 11 is 0. The molecule has 0 aliphatic heterocycles. The van der Waals surface area contributed by atoms with Gasteiger partial charge in [-0.3, -0.25) is 14.2 Å². The Morgan fingerprint density at radius 2 is 1.48 bits per heavy atom. The van der Waals surface area contributed by atoms with Crippen LogP contribution < -0.4 is 0 Å². The van der Waals surface area contributed by atoms with Gasteiger partial charge in [0.25, 0.3) is 0 Å². The second-order valence-corrected chi connectivity index (χ2v) is 9.23. The minimum Gasteiger partial charge on any atom is -0.461 e. The molecule has 0 amide bonds. The summed E-state index contributed by atoms with van der Waals surface area (Å²) in [5.74, 6) is -1.26. The molecule has 2 aromatic rings. The van der Waals surface area contributed by atoms with E-state index in [1.807, 2.05) is 60.7 Å². The van der Waals surface area contributed by atoms with E-state index in [2.05, 4.69) is 6.58 Å². The largest absolute Gasteiger partial charge is 0.461 e. The zero-order valence-electron chi connectivity index (χ0n) is 17.8. The predicted octanol–water partition coefficient (Wildman–Crippen LogP) is 5.33. The van der Waals surface area contributed by atoms with Crippen LogP contribution in [-0.2, 0) is 41.2 Å². The Hall–Kier alpha value is -2.53. The van der Waals surface area contributed by atoms with Crippen molar-refractivity contribution in [3.8, 4) is 0 Å². The molecule has 1 atom stereocenters. The highest BCUT2D eigenvalue weighted by atomic mass is 31.2. The summed E-state index contributed by atoms with van der Waals surface area (Å²) < 4.78 is 30.0. The number of ketones is 1. The van der Waals surface area contributed by atoms with Crippen molar-refractivity contribution in [1.29, 1.82) is 0 Å². The number of carbonyl (C=O) groups is 2. The molecule has 0 spiro atoms. The molecule has 0 bridgehead atoms. The molecule has 0 aliphatic carbocycles. The minimum absolute atomic E-state index is 0.0372. The summed E-state index contributed by atoms with van der Waals surface area (Å²) in [4.78, 5) is 24.0. The number of carbonyl (C=O) groups excluding carboxylic acids is 2. The standard InChI is InChI=1S/C24H29O6P/c1-3-16-28-24(26)15-14-23(20(2)25)19-31(27,29-17-21-10-6-4-7-11-21)30-18-22-12-8-5-9-13-22/h3-13,23H,1,14-19H2,2H3. The van der Waals surface area contributed by atoms with Crippen LogP contribution in [0.3, 0.4) is 0 Å². The van der Waals surface area contributed by atoms with Crippen molar-refractivity contribution < 1.29 is 27.9 Å². The van der Waals surface area contributed by atoms with Gasteiger partial charge in [-0.1, -0.05) is 73.3 Å². The van der Waals surface area contributed by atoms with E-state index in [1.54, 1.807) is 0 Å². The minimum atomic E-state index is -3.63. The van der Waals surface area contributed by atoms with Crippen molar-refractivity contribution in [2.24, 2.45) is 5.92 Å². The smallest absolute Gasteiger partial charge is 0.332 e. The Morgan fingerprint density at radius 1 is 0.968 bits per heavy atom. The maximum absolute atomic E-state index is 13.6. The third-order valence-corrected chi connectivity index (χ3v) is 6.55. The van der Waals surface area contributed by atoms with Gasteiger partial charge in [0.2, 0.25) is 0 Å². The van der Waals surface area contributed by atoms with Crippen LogP contribution in [0.2, 0.25) is 0 Å². The van der Waals surface area contributed by atoms with E-state index in [9.17, 15) is 14.2 Å². The molecule has 6 nitrogen and oxygen atoms in total. The zero-order valence-corrected chi connectivity index (χ0v) is 18.7. The fraction of sp³-hybridized carbons (Fsp3) is 0.333. The molecule has 0 aromatic heterocycles. The quantitative estimate of drug-likeness (QED) is 0.223. The molecule has 31 heavy (non-hydrogen) atoms. The predicted molar refractivity (Wildman–Crippen MR) is 119 cm³/mol. The normalized spacial score (nSPS) is 12.2. The molecular weight excluding hydrogens is 415 g/mol. The van der Waals surface area contributed by atoms with Gasteiger partial charge in [-0.15, -0.1) is 0 Å². The van der Waals surface area contributed by atoms with Crippen molar-refractivity contribution in [3.05, 3.63) is 84.4 Å². The number of hydrogen-bond donors (Lipinski definition) is 0. The van der Waals surface area contributed by atoms with E-state index in [0.717, 1.165) is 11.1 Å². The second kappa shape index (κ2) is 13.0. The first-order valence-corrected chi connectivity index (χ1v) is 11.9. The molecule has 0 heterocycles. The van der Waals surface area contributed by atoms with Gasteiger partial charge in [0, 0.05) is 12.3 Å². The van der Waals surface area contributed by atoms with Crippen LogP contribution in [0.25, 0.3) is 0 Å². The molecular formula is C24H29O6P. The van der Waals surface area contributed by atoms with Gasteiger partial charge in [0.1, 0.15) is 12.4 Å². The molecule has 2 aromatic carbocycles. The fourth-order valence-corrected chi connectivity index (χ4v) is 4.80. The number of esters is 1. The molecule has 166 valence electrons. The Labute approximate surface area is 183 Å². The highest BCUT2D eigenvalue weighted by molar-refractivity contribution is 7.53. The lowest BCUT2D eigenvalue weighted by atomic mass is 10.0. The third-order valence-electron chi connectivity index (χ3n) is 4.62. The van der Waals surface area contributed by atoms with Gasteiger partial charge in [-0.05, 0) is 24.5 Å². The van der Waals surface area contributed by atoms with Gasteiger partial charge in [-0.2, -0.15) is 0 Å². The van der Waals surface area contributed by atoms with Crippen LogP contribution in [0.4, 0.5) is 0 Å². The Balaban J connectivity index is 2.08. The zero-order chi connectivity index (χ0) is 22.5. The lowest BCUT2D eigenvalue weighted by Gasteiger charge is -2.23. The summed E-state index contributed by atoms with van der Waals surface area (Å²) in [6.45, 7) is 5.22. The van der Waals surface area contributed by atoms with E-state index in [-0.39, 0.29) is 44.6 Å². The topological polar surface area (TPSA) is 78.9 Å². The number of benzene rings is 2. The number of ether oxygens (including phenoxy) is 1. The Bertz CT molecular complexity index is 834. The highest BCUT2D eigenvalue weighted by Crippen LogP contribution is 2.52. The van der Waals surface area contributed by atoms with Gasteiger partial charge in [-0.25, -0.2) is 0 Å². The molecule has 7 heteroatoms. The maximum atomic E-state index is 13.6. The summed E-state index contributed by atoms with van der Waals surface area (Å²) in [7, 11) is -3.63. The Kier molecular flexibility index (Phi) is 10.4. The van der Waals surface area contributed by atoms with Gasteiger partial charge in [0.15, 0.2) is 0 Å². The summed E-state index contributed by atoms with van der Waals surface area (Å²) in [6, 6.07) is 18.7. The fourth-order valence-electron chi connectivity index (χ4n) is 2.85. The van der Waals surface area contributed by atoms with E-state index in [0.29, 0.717) is 0 Å². The van der Waals surface area contributed by atoms with E-state index in [1.165, 1.54) is 13.0 Å². The first kappa shape index (κ1) is 24.7. The van der Waals surface area contributed by atoms with Crippen molar-refractivity contribution in [3.63, 3.8) is 0 Å². The molecule has 0 radical (unpaired) electrons. The lowest BCUT2D eigenvalue weighted by Crippen LogP contribution is -2.19. The monoisotopic (exact) mass is 444 g/mol. The average molecular weight is 444 g/mol. The number of rotatable bonds is 14. The maximum Gasteiger partial charge on any atom is 0.332 e. The van der Waals surface area contributed by atoms with Crippen molar-refractivity contribution in [1.82, 2.24) is 0 Å². The van der Waals surface area contributed by atoms with Gasteiger partial charge >= 0.3 is 13.6 Å². The highest BCUT2D eigenvalue weighted by Gasteiger charge is 2.32. The summed E-state index contributed by atoms with van der Waals surface area (Å²) in [5, 5.41) is 0. The van der Waals surface area contributed by atoms with Crippen LogP contribution in [-0.4, -0.2) is 24.5 Å². The summed E-state index contributed by atoms with van der Waals surface area (Å²) in [5.41, 5.74) is 1.69. The molecule has 0 N–H and O–H groups in total. The molecule has 0 aliphatic rings. The molecule has 1 unspecified atom stereocenters. The molecule has 0 fully saturated rings. The van der Waals surface area contributed by atoms with Gasteiger partial charge in [0.05, 0.1) is 19.4 Å².